The number of hydrogen-bond donors (Lipinski definition) is 1. The predicted molar refractivity (Wildman–Crippen MR) is 137 cm³/mol. The molecule has 3 aromatic carbocycles. The van der Waals surface area contributed by atoms with Crippen LogP contribution in [0.25, 0.3) is 6.08 Å². The molecule has 0 atom stereocenters. The summed E-state index contributed by atoms with van der Waals surface area (Å²) in [7, 11) is 0. The highest BCUT2D eigenvalue weighted by molar-refractivity contribution is 9.11. The molecule has 0 heterocycles. The Morgan fingerprint density at radius 2 is 1.79 bits per heavy atom. The van der Waals surface area contributed by atoms with E-state index in [1.165, 1.54) is 11.6 Å². The number of nitrogens with zero attached hydrogens (tertiary/aromatic N) is 1. The Labute approximate surface area is 210 Å². The number of carbonyl (C=O) groups is 1. The molecule has 0 fully saturated rings. The normalized spacial score (nSPS) is 10.9. The first-order valence-corrected chi connectivity index (χ1v) is 11.8. The molecule has 1 amide bonds. The standard InChI is InChI=1S/C26H22Br2N2O3/c1-3-32-22-9-5-8-21(14-22)30-26(31)20(15-29)11-19-12-23(27)25(24(28)13-19)33-16-18-7-4-6-17(2)10-18/h4-14H,3,16H2,1-2H3,(H,30,31)/b20-11-. The number of rotatable bonds is 8. The van der Waals surface area contributed by atoms with Gasteiger partial charge in [-0.25, -0.2) is 0 Å². The zero-order chi connectivity index (χ0) is 23.8. The summed E-state index contributed by atoms with van der Waals surface area (Å²) in [5.41, 5.74) is 3.43. The number of nitriles is 1. The fourth-order valence-corrected chi connectivity index (χ4v) is 4.55. The number of aryl methyl sites for hydroxylation is 1. The van der Waals surface area contributed by atoms with Crippen LogP contribution in [0.5, 0.6) is 11.5 Å². The molecule has 0 spiro atoms. The maximum absolute atomic E-state index is 12.7. The molecule has 7 heteroatoms. The van der Waals surface area contributed by atoms with Crippen molar-refractivity contribution in [3.05, 3.63) is 91.9 Å². The van der Waals surface area contributed by atoms with E-state index in [2.05, 4.69) is 43.2 Å². The highest BCUT2D eigenvalue weighted by Crippen LogP contribution is 2.36. The maximum Gasteiger partial charge on any atom is 0.266 e. The molecule has 0 saturated heterocycles. The van der Waals surface area contributed by atoms with Gasteiger partial charge in [0.25, 0.3) is 5.91 Å². The van der Waals surface area contributed by atoms with Crippen LogP contribution in [0, 0.1) is 18.3 Å². The van der Waals surface area contributed by atoms with Gasteiger partial charge < -0.3 is 14.8 Å². The summed E-state index contributed by atoms with van der Waals surface area (Å²) in [6.45, 7) is 4.86. The summed E-state index contributed by atoms with van der Waals surface area (Å²) in [5.74, 6) is 0.787. The average molecular weight is 570 g/mol. The van der Waals surface area contributed by atoms with E-state index in [0.29, 0.717) is 44.9 Å². The number of nitrogens with one attached hydrogen (secondary N) is 1. The Morgan fingerprint density at radius 3 is 2.45 bits per heavy atom. The van der Waals surface area contributed by atoms with Crippen molar-refractivity contribution >= 4 is 49.5 Å². The summed E-state index contributed by atoms with van der Waals surface area (Å²) in [6, 6.07) is 20.7. The van der Waals surface area contributed by atoms with Crippen molar-refractivity contribution in [2.75, 3.05) is 11.9 Å². The van der Waals surface area contributed by atoms with Gasteiger partial charge in [-0.05, 0) is 87.2 Å². The van der Waals surface area contributed by atoms with Crippen LogP contribution in [-0.4, -0.2) is 12.5 Å². The molecule has 0 bridgehead atoms. The predicted octanol–water partition coefficient (Wildman–Crippen LogP) is 7.04. The number of hydrogen-bond acceptors (Lipinski definition) is 4. The molecule has 0 aliphatic heterocycles. The topological polar surface area (TPSA) is 71.3 Å². The average Bonchev–Trinajstić information content (AvgIpc) is 2.77. The third-order valence-corrected chi connectivity index (χ3v) is 5.74. The number of carbonyl (C=O) groups excluding carboxylic acids is 1. The van der Waals surface area contributed by atoms with Gasteiger partial charge in [0, 0.05) is 11.8 Å². The molecule has 0 aliphatic rings. The fourth-order valence-electron chi connectivity index (χ4n) is 3.10. The Hall–Kier alpha value is -3.08. The molecule has 3 rings (SSSR count). The van der Waals surface area contributed by atoms with E-state index in [1.54, 1.807) is 36.4 Å². The largest absolute Gasteiger partial charge is 0.494 e. The second kappa shape index (κ2) is 11.7. The molecule has 5 nitrogen and oxygen atoms in total. The smallest absolute Gasteiger partial charge is 0.266 e. The molecule has 3 aromatic rings. The Morgan fingerprint density at radius 1 is 1.06 bits per heavy atom. The van der Waals surface area contributed by atoms with Crippen molar-refractivity contribution in [2.45, 2.75) is 20.5 Å². The van der Waals surface area contributed by atoms with Crippen molar-refractivity contribution < 1.29 is 14.3 Å². The van der Waals surface area contributed by atoms with Gasteiger partial charge in [0.2, 0.25) is 0 Å². The van der Waals surface area contributed by atoms with Crippen LogP contribution < -0.4 is 14.8 Å². The zero-order valence-corrected chi connectivity index (χ0v) is 21.4. The quantitative estimate of drug-likeness (QED) is 0.233. The summed E-state index contributed by atoms with van der Waals surface area (Å²) in [4.78, 5) is 12.7. The lowest BCUT2D eigenvalue weighted by Crippen LogP contribution is -2.13. The van der Waals surface area contributed by atoms with Crippen LogP contribution in [-0.2, 0) is 11.4 Å². The van der Waals surface area contributed by atoms with Crippen LogP contribution in [0.4, 0.5) is 5.69 Å². The Balaban J connectivity index is 1.76. The van der Waals surface area contributed by atoms with Crippen LogP contribution in [0.2, 0.25) is 0 Å². The second-order valence-electron chi connectivity index (χ2n) is 7.18. The lowest BCUT2D eigenvalue weighted by molar-refractivity contribution is -0.112. The Bertz CT molecular complexity index is 1210. The van der Waals surface area contributed by atoms with Gasteiger partial charge in [-0.3, -0.25) is 4.79 Å². The zero-order valence-electron chi connectivity index (χ0n) is 18.2. The number of amides is 1. The van der Waals surface area contributed by atoms with Crippen molar-refractivity contribution in [1.29, 1.82) is 5.26 Å². The van der Waals surface area contributed by atoms with Crippen LogP contribution in [0.1, 0.15) is 23.6 Å². The molecule has 168 valence electrons. The van der Waals surface area contributed by atoms with E-state index < -0.39 is 5.91 Å². The number of halogens is 2. The van der Waals surface area contributed by atoms with Crippen molar-refractivity contribution in [3.8, 4) is 17.6 Å². The molecule has 0 saturated carbocycles. The lowest BCUT2D eigenvalue weighted by Gasteiger charge is -2.12. The molecule has 33 heavy (non-hydrogen) atoms. The molecule has 0 aliphatic carbocycles. The van der Waals surface area contributed by atoms with Crippen molar-refractivity contribution in [1.82, 2.24) is 0 Å². The van der Waals surface area contributed by atoms with Crippen molar-refractivity contribution in [3.63, 3.8) is 0 Å². The van der Waals surface area contributed by atoms with E-state index >= 15 is 0 Å². The van der Waals surface area contributed by atoms with Gasteiger partial charge in [0.05, 0.1) is 15.6 Å². The number of ether oxygens (including phenoxy) is 2. The first kappa shape index (κ1) is 24.6. The minimum absolute atomic E-state index is 0.0240. The Kier molecular flexibility index (Phi) is 8.70. The van der Waals surface area contributed by atoms with Crippen LogP contribution >= 0.6 is 31.9 Å². The highest BCUT2D eigenvalue weighted by Gasteiger charge is 2.13. The summed E-state index contributed by atoms with van der Waals surface area (Å²) < 4.78 is 12.8. The maximum atomic E-state index is 12.7. The second-order valence-corrected chi connectivity index (χ2v) is 8.88. The molecule has 0 unspecified atom stereocenters. The van der Waals surface area contributed by atoms with Crippen LogP contribution in [0.15, 0.2) is 75.2 Å². The minimum atomic E-state index is -0.502. The van der Waals surface area contributed by atoms with Gasteiger partial charge in [0.1, 0.15) is 29.7 Å². The fraction of sp³-hybridized carbons (Fsp3) is 0.154. The van der Waals surface area contributed by atoms with Gasteiger partial charge in [-0.1, -0.05) is 35.9 Å². The molecular formula is C26H22Br2N2O3. The monoisotopic (exact) mass is 568 g/mol. The number of anilines is 1. The van der Waals surface area contributed by atoms with Crippen molar-refractivity contribution in [2.24, 2.45) is 0 Å². The molecular weight excluding hydrogens is 548 g/mol. The SMILES string of the molecule is CCOc1cccc(NC(=O)/C(C#N)=C\c2cc(Br)c(OCc3cccc(C)c3)c(Br)c2)c1. The van der Waals surface area contributed by atoms with Gasteiger partial charge >= 0.3 is 0 Å². The van der Waals surface area contributed by atoms with E-state index in [-0.39, 0.29) is 5.57 Å². The minimum Gasteiger partial charge on any atom is -0.494 e. The van der Waals surface area contributed by atoms with E-state index in [9.17, 15) is 10.1 Å². The third-order valence-electron chi connectivity index (χ3n) is 4.57. The third kappa shape index (κ3) is 6.95. The van der Waals surface area contributed by atoms with Gasteiger partial charge in [-0.2, -0.15) is 5.26 Å². The van der Waals surface area contributed by atoms with Gasteiger partial charge in [-0.15, -0.1) is 0 Å². The van der Waals surface area contributed by atoms with E-state index in [0.717, 1.165) is 5.56 Å². The summed E-state index contributed by atoms with van der Waals surface area (Å²) in [6.07, 6.45) is 1.53. The summed E-state index contributed by atoms with van der Waals surface area (Å²) >= 11 is 7.06. The lowest BCUT2D eigenvalue weighted by atomic mass is 10.1. The molecule has 0 radical (unpaired) electrons. The van der Waals surface area contributed by atoms with Gasteiger partial charge in [0.15, 0.2) is 0 Å². The molecule has 1 N–H and O–H groups in total. The van der Waals surface area contributed by atoms with Crippen LogP contribution in [0.3, 0.4) is 0 Å². The summed E-state index contributed by atoms with van der Waals surface area (Å²) in [5, 5.41) is 12.3. The van der Waals surface area contributed by atoms with E-state index in [1.807, 2.05) is 38.1 Å². The van der Waals surface area contributed by atoms with E-state index in [4.69, 9.17) is 9.47 Å². The molecule has 0 aromatic heterocycles. The highest BCUT2D eigenvalue weighted by atomic mass is 79.9. The first-order chi connectivity index (χ1) is 15.9. The number of benzene rings is 3. The first-order valence-electron chi connectivity index (χ1n) is 10.2.